The summed E-state index contributed by atoms with van der Waals surface area (Å²) in [6.07, 6.45) is 0.779. The second-order valence-corrected chi connectivity index (χ2v) is 6.39. The van der Waals surface area contributed by atoms with Gasteiger partial charge in [-0.15, -0.1) is 11.3 Å². The number of benzene rings is 2. The van der Waals surface area contributed by atoms with Gasteiger partial charge in [-0.1, -0.05) is 41.9 Å². The van der Waals surface area contributed by atoms with Crippen LogP contribution in [0.5, 0.6) is 0 Å². The molecule has 5 heteroatoms. The molecule has 0 spiro atoms. The lowest BCUT2D eigenvalue weighted by Crippen LogP contribution is -2.21. The van der Waals surface area contributed by atoms with Crippen molar-refractivity contribution in [1.82, 2.24) is 0 Å². The lowest BCUT2D eigenvalue weighted by atomic mass is 9.98. The van der Waals surface area contributed by atoms with Gasteiger partial charge in [0.25, 0.3) is 0 Å². The van der Waals surface area contributed by atoms with Crippen molar-refractivity contribution in [3.8, 4) is 11.1 Å². The molecule has 0 radical (unpaired) electrons. The molecule has 0 aliphatic heterocycles. The van der Waals surface area contributed by atoms with Crippen LogP contribution in [0.2, 0.25) is 5.02 Å². The molecule has 3 nitrogen and oxygen atoms in total. The maximum Gasteiger partial charge on any atom is 0.150 e. The van der Waals surface area contributed by atoms with Crippen LogP contribution in [0, 0.1) is 6.92 Å². The Labute approximate surface area is 135 Å². The molecule has 0 amide bonds. The van der Waals surface area contributed by atoms with Gasteiger partial charge in [0, 0.05) is 15.6 Å². The molecule has 0 N–H and O–H groups in total. The fourth-order valence-electron chi connectivity index (χ4n) is 2.43. The molecule has 0 saturated carbocycles. The predicted molar refractivity (Wildman–Crippen MR) is 86.7 cm³/mol. The molecule has 22 heavy (non-hydrogen) atoms. The van der Waals surface area contributed by atoms with Gasteiger partial charge in [0.15, 0.2) is 0 Å². The fourth-order valence-corrected chi connectivity index (χ4v) is 3.93. The van der Waals surface area contributed by atoms with Gasteiger partial charge in [0.05, 0.1) is 15.9 Å². The number of hydrogen-bond donors (Lipinski definition) is 0. The normalized spacial score (nSPS) is 10.8. The van der Waals surface area contributed by atoms with Crippen LogP contribution in [-0.2, 0) is 0 Å². The van der Waals surface area contributed by atoms with Gasteiger partial charge in [-0.3, -0.25) is 4.79 Å². The van der Waals surface area contributed by atoms with Crippen molar-refractivity contribution in [2.75, 3.05) is 0 Å². The van der Waals surface area contributed by atoms with Crippen molar-refractivity contribution < 1.29 is 14.7 Å². The lowest BCUT2D eigenvalue weighted by molar-refractivity contribution is -0.254. The molecule has 1 heterocycles. The molecular weight excluding hydrogens is 320 g/mol. The van der Waals surface area contributed by atoms with Gasteiger partial charge < -0.3 is 9.90 Å². The molecule has 0 fully saturated rings. The van der Waals surface area contributed by atoms with E-state index in [0.29, 0.717) is 10.9 Å². The predicted octanol–water partition coefficient (Wildman–Crippen LogP) is 3.71. The third-order valence-electron chi connectivity index (χ3n) is 3.42. The van der Waals surface area contributed by atoms with Gasteiger partial charge in [-0.2, -0.15) is 0 Å². The van der Waals surface area contributed by atoms with Crippen LogP contribution in [0.3, 0.4) is 0 Å². The molecule has 110 valence electrons. The molecule has 0 atom stereocenters. The second kappa shape index (κ2) is 5.55. The maximum atomic E-state index is 11.2. The highest BCUT2D eigenvalue weighted by Crippen LogP contribution is 2.41. The van der Waals surface area contributed by atoms with E-state index in [2.05, 4.69) is 0 Å². The number of aryl methyl sites for hydroxylation is 1. The Morgan fingerprint density at radius 2 is 1.91 bits per heavy atom. The Balaban J connectivity index is 2.31. The number of carboxylic acid groups (broad SMARTS) is 1. The van der Waals surface area contributed by atoms with E-state index in [1.807, 2.05) is 31.2 Å². The summed E-state index contributed by atoms with van der Waals surface area (Å²) in [5, 5.41) is 12.1. The number of rotatable bonds is 3. The van der Waals surface area contributed by atoms with Crippen LogP contribution in [0.25, 0.3) is 21.2 Å². The molecule has 3 aromatic rings. The fraction of sp³-hybridized carbons (Fsp3) is 0.0588. The van der Waals surface area contributed by atoms with E-state index < -0.39 is 5.97 Å². The minimum atomic E-state index is -1.27. The van der Waals surface area contributed by atoms with Gasteiger partial charge in [0.1, 0.15) is 6.29 Å². The maximum absolute atomic E-state index is 11.2. The van der Waals surface area contributed by atoms with E-state index in [4.69, 9.17) is 11.6 Å². The van der Waals surface area contributed by atoms with Gasteiger partial charge >= 0.3 is 0 Å². The second-order valence-electron chi connectivity index (χ2n) is 4.96. The van der Waals surface area contributed by atoms with Crippen LogP contribution in [0.15, 0.2) is 36.4 Å². The number of carbonyl (C=O) groups is 2. The van der Waals surface area contributed by atoms with E-state index in [1.54, 1.807) is 12.1 Å². The molecule has 3 rings (SSSR count). The number of halogens is 1. The molecule has 2 aromatic carbocycles. The number of aldehydes is 1. The van der Waals surface area contributed by atoms with Gasteiger partial charge in [0.2, 0.25) is 0 Å². The summed E-state index contributed by atoms with van der Waals surface area (Å²) >= 11 is 7.36. The topological polar surface area (TPSA) is 57.2 Å². The minimum absolute atomic E-state index is 0.0352. The number of carbonyl (C=O) groups excluding carboxylic acids is 2. The quantitative estimate of drug-likeness (QED) is 0.688. The zero-order valence-corrected chi connectivity index (χ0v) is 13.1. The highest BCUT2D eigenvalue weighted by Gasteiger charge is 2.16. The van der Waals surface area contributed by atoms with Crippen molar-refractivity contribution in [2.24, 2.45) is 0 Å². The molecule has 0 aliphatic carbocycles. The van der Waals surface area contributed by atoms with Crippen LogP contribution in [-0.4, -0.2) is 12.3 Å². The standard InChI is InChI=1S/C17H11ClO3S/c1-9-6-12(11-4-2-10(8-19)3-5-11)14-13(7-9)22-16(15(14)18)17(20)21/h2-8H,1H3,(H,20,21)/p-1. The number of carboxylic acids is 1. The van der Waals surface area contributed by atoms with E-state index >= 15 is 0 Å². The average molecular weight is 330 g/mol. The SMILES string of the molecule is Cc1cc(-c2ccc(C=O)cc2)c2c(Cl)c(C(=O)[O-])sc2c1. The van der Waals surface area contributed by atoms with Crippen LogP contribution in [0.1, 0.15) is 25.6 Å². The largest absolute Gasteiger partial charge is 0.544 e. The molecular formula is C17H10ClO3S-. The van der Waals surface area contributed by atoms with E-state index in [-0.39, 0.29) is 9.90 Å². The summed E-state index contributed by atoms with van der Waals surface area (Å²) in [5.41, 5.74) is 3.31. The Kier molecular flexibility index (Phi) is 3.72. The van der Waals surface area contributed by atoms with E-state index in [9.17, 15) is 14.7 Å². The van der Waals surface area contributed by atoms with Crippen molar-refractivity contribution in [1.29, 1.82) is 0 Å². The molecule has 0 bridgehead atoms. The third-order valence-corrected chi connectivity index (χ3v) is 5.03. The number of hydrogen-bond acceptors (Lipinski definition) is 4. The summed E-state index contributed by atoms with van der Waals surface area (Å²) in [6, 6.07) is 10.9. The highest BCUT2D eigenvalue weighted by atomic mass is 35.5. The Morgan fingerprint density at radius 1 is 1.23 bits per heavy atom. The van der Waals surface area contributed by atoms with Gasteiger partial charge in [-0.05, 0) is 29.7 Å². The lowest BCUT2D eigenvalue weighted by Gasteiger charge is -2.07. The minimum Gasteiger partial charge on any atom is -0.544 e. The van der Waals surface area contributed by atoms with Crippen molar-refractivity contribution in [3.05, 3.63) is 57.4 Å². The highest BCUT2D eigenvalue weighted by molar-refractivity contribution is 7.21. The Morgan fingerprint density at radius 3 is 2.50 bits per heavy atom. The Hall–Kier alpha value is -2.17. The number of thiophene rings is 1. The summed E-state index contributed by atoms with van der Waals surface area (Å²) in [5.74, 6) is -1.27. The summed E-state index contributed by atoms with van der Waals surface area (Å²) in [6.45, 7) is 1.94. The average Bonchev–Trinajstić information content (AvgIpc) is 2.83. The summed E-state index contributed by atoms with van der Waals surface area (Å²) < 4.78 is 0.804. The van der Waals surface area contributed by atoms with Crippen molar-refractivity contribution in [3.63, 3.8) is 0 Å². The first-order valence-electron chi connectivity index (χ1n) is 6.51. The smallest absolute Gasteiger partial charge is 0.150 e. The number of fused-ring (bicyclic) bond motifs is 1. The van der Waals surface area contributed by atoms with E-state index in [1.165, 1.54) is 0 Å². The Bertz CT molecular complexity index is 894. The first kappa shape index (κ1) is 14.8. The van der Waals surface area contributed by atoms with Crippen molar-refractivity contribution in [2.45, 2.75) is 6.92 Å². The van der Waals surface area contributed by atoms with E-state index in [0.717, 1.165) is 39.0 Å². The summed E-state index contributed by atoms with van der Waals surface area (Å²) in [7, 11) is 0. The first-order chi connectivity index (χ1) is 10.5. The monoisotopic (exact) mass is 329 g/mol. The number of aromatic carboxylic acids is 1. The zero-order chi connectivity index (χ0) is 15.9. The zero-order valence-electron chi connectivity index (χ0n) is 11.6. The van der Waals surface area contributed by atoms with Crippen LogP contribution in [0.4, 0.5) is 0 Å². The molecule has 1 aromatic heterocycles. The van der Waals surface area contributed by atoms with Gasteiger partial charge in [-0.25, -0.2) is 0 Å². The molecule has 0 aliphatic rings. The summed E-state index contributed by atoms with van der Waals surface area (Å²) in [4.78, 5) is 22.0. The van der Waals surface area contributed by atoms with Crippen LogP contribution >= 0.6 is 22.9 Å². The molecule has 0 saturated heterocycles. The van der Waals surface area contributed by atoms with Crippen LogP contribution < -0.4 is 5.11 Å². The molecule has 0 unspecified atom stereocenters. The third kappa shape index (κ3) is 2.40. The van der Waals surface area contributed by atoms with Crippen molar-refractivity contribution >= 4 is 45.3 Å². The first-order valence-corrected chi connectivity index (χ1v) is 7.70.